The van der Waals surface area contributed by atoms with Gasteiger partial charge in [-0.05, 0) is 17.7 Å². The molecule has 5 nitrogen and oxygen atoms in total. The molecule has 0 atom stereocenters. The second-order valence-electron chi connectivity index (χ2n) is 6.46. The van der Waals surface area contributed by atoms with E-state index >= 15 is 0 Å². The lowest BCUT2D eigenvalue weighted by atomic mass is 10.1. The fraction of sp³-hybridized carbons (Fsp3) is 0.250. The smallest absolute Gasteiger partial charge is 0.263 e. The molecular formula is C20H18FN3O2S. The number of rotatable bonds is 4. The van der Waals surface area contributed by atoms with Crippen molar-refractivity contribution in [2.24, 2.45) is 0 Å². The first-order valence-corrected chi connectivity index (χ1v) is 9.86. The predicted molar refractivity (Wildman–Crippen MR) is 103 cm³/mol. The minimum absolute atomic E-state index is 0.00493. The van der Waals surface area contributed by atoms with Crippen LogP contribution in [-0.4, -0.2) is 32.5 Å². The van der Waals surface area contributed by atoms with Crippen molar-refractivity contribution in [3.05, 3.63) is 81.7 Å². The quantitative estimate of drug-likeness (QED) is 0.695. The summed E-state index contributed by atoms with van der Waals surface area (Å²) in [5, 5.41) is 0. The van der Waals surface area contributed by atoms with Gasteiger partial charge in [0.15, 0.2) is 0 Å². The molecule has 3 heterocycles. The molecule has 0 unspecified atom stereocenters. The van der Waals surface area contributed by atoms with Crippen molar-refractivity contribution in [1.82, 2.24) is 14.3 Å². The van der Waals surface area contributed by atoms with E-state index in [0.717, 1.165) is 11.9 Å². The van der Waals surface area contributed by atoms with Crippen LogP contribution in [0.15, 0.2) is 53.5 Å². The Labute approximate surface area is 159 Å². The Balaban J connectivity index is 1.47. The van der Waals surface area contributed by atoms with E-state index in [0.29, 0.717) is 35.6 Å². The molecule has 0 bridgehead atoms. The van der Waals surface area contributed by atoms with E-state index in [9.17, 15) is 14.0 Å². The highest BCUT2D eigenvalue weighted by Gasteiger charge is 2.24. The number of nitrogens with zero attached hydrogens (tertiary/aromatic N) is 3. The van der Waals surface area contributed by atoms with Crippen molar-refractivity contribution in [2.45, 2.75) is 18.7 Å². The largest absolute Gasteiger partial charge is 0.337 e. The average molecular weight is 383 g/mol. The second kappa shape index (κ2) is 7.52. The SMILES string of the molecule is O=C(CSCc1ccccc1)N1CCc2nc3ccc(F)cn3c(=O)c2C1. The zero-order valence-electron chi connectivity index (χ0n) is 14.6. The van der Waals surface area contributed by atoms with Gasteiger partial charge in [0, 0.05) is 24.9 Å². The van der Waals surface area contributed by atoms with Gasteiger partial charge in [0.2, 0.25) is 5.91 Å². The van der Waals surface area contributed by atoms with Gasteiger partial charge in [-0.15, -0.1) is 11.8 Å². The number of pyridine rings is 1. The first-order valence-electron chi connectivity index (χ1n) is 8.71. The molecule has 1 aromatic carbocycles. The molecule has 4 rings (SSSR count). The summed E-state index contributed by atoms with van der Waals surface area (Å²) in [6, 6.07) is 12.8. The lowest BCUT2D eigenvalue weighted by Gasteiger charge is -2.28. The van der Waals surface area contributed by atoms with Gasteiger partial charge in [-0.3, -0.25) is 14.0 Å². The maximum absolute atomic E-state index is 13.5. The number of carbonyl (C=O) groups is 1. The van der Waals surface area contributed by atoms with Crippen LogP contribution in [0.2, 0.25) is 0 Å². The molecule has 1 aliphatic rings. The van der Waals surface area contributed by atoms with Crippen LogP contribution in [0.4, 0.5) is 4.39 Å². The number of thioether (sulfide) groups is 1. The molecule has 0 radical (unpaired) electrons. The van der Waals surface area contributed by atoms with Crippen molar-refractivity contribution in [2.75, 3.05) is 12.3 Å². The van der Waals surface area contributed by atoms with Gasteiger partial charge in [-0.25, -0.2) is 9.37 Å². The van der Waals surface area contributed by atoms with E-state index in [1.54, 1.807) is 16.7 Å². The van der Waals surface area contributed by atoms with E-state index in [-0.39, 0.29) is 18.0 Å². The van der Waals surface area contributed by atoms with Gasteiger partial charge in [0.05, 0.1) is 23.6 Å². The number of hydrogen-bond acceptors (Lipinski definition) is 4. The molecule has 0 fully saturated rings. The number of halogens is 1. The van der Waals surface area contributed by atoms with Crippen LogP contribution < -0.4 is 5.56 Å². The molecule has 27 heavy (non-hydrogen) atoms. The Hall–Kier alpha value is -2.67. The van der Waals surface area contributed by atoms with Gasteiger partial charge in [0.25, 0.3) is 5.56 Å². The van der Waals surface area contributed by atoms with E-state index in [2.05, 4.69) is 4.98 Å². The fourth-order valence-corrected chi connectivity index (χ4v) is 4.09. The van der Waals surface area contributed by atoms with E-state index in [1.807, 2.05) is 30.3 Å². The summed E-state index contributed by atoms with van der Waals surface area (Å²) in [5.41, 5.74) is 2.48. The molecule has 0 saturated carbocycles. The summed E-state index contributed by atoms with van der Waals surface area (Å²) >= 11 is 1.56. The standard InChI is InChI=1S/C20H18FN3O2S/c21-15-6-7-18-22-17-8-9-23(11-16(17)20(26)24(18)10-15)19(25)13-27-12-14-4-2-1-3-5-14/h1-7,10H,8-9,11-13H2. The van der Waals surface area contributed by atoms with Crippen LogP contribution >= 0.6 is 11.8 Å². The third-order valence-corrected chi connectivity index (χ3v) is 5.61. The Morgan fingerprint density at radius 3 is 2.81 bits per heavy atom. The van der Waals surface area contributed by atoms with Gasteiger partial charge >= 0.3 is 0 Å². The Morgan fingerprint density at radius 2 is 2.00 bits per heavy atom. The molecule has 7 heteroatoms. The molecule has 1 amide bonds. The van der Waals surface area contributed by atoms with Crippen LogP contribution in [0.1, 0.15) is 16.8 Å². The molecule has 0 aliphatic carbocycles. The Morgan fingerprint density at radius 1 is 1.19 bits per heavy atom. The van der Waals surface area contributed by atoms with Gasteiger partial charge in [-0.1, -0.05) is 30.3 Å². The Kier molecular flexibility index (Phi) is 4.94. The number of benzene rings is 1. The van der Waals surface area contributed by atoms with E-state index in [1.165, 1.54) is 22.1 Å². The molecule has 0 saturated heterocycles. The molecular weight excluding hydrogens is 365 g/mol. The third-order valence-electron chi connectivity index (χ3n) is 4.62. The highest BCUT2D eigenvalue weighted by molar-refractivity contribution is 7.99. The summed E-state index contributed by atoms with van der Waals surface area (Å²) in [4.78, 5) is 31.4. The van der Waals surface area contributed by atoms with E-state index < -0.39 is 5.82 Å². The summed E-state index contributed by atoms with van der Waals surface area (Å²) in [6.07, 6.45) is 1.68. The second-order valence-corrected chi connectivity index (χ2v) is 7.45. The van der Waals surface area contributed by atoms with Gasteiger partial charge < -0.3 is 4.90 Å². The van der Waals surface area contributed by atoms with Crippen molar-refractivity contribution < 1.29 is 9.18 Å². The number of amides is 1. The first kappa shape index (κ1) is 17.7. The van der Waals surface area contributed by atoms with Crippen molar-refractivity contribution in [3.63, 3.8) is 0 Å². The number of fused-ring (bicyclic) bond motifs is 2. The van der Waals surface area contributed by atoms with Crippen molar-refractivity contribution >= 4 is 23.3 Å². The number of carbonyl (C=O) groups excluding carboxylic acids is 1. The molecule has 0 N–H and O–H groups in total. The van der Waals surface area contributed by atoms with Crippen LogP contribution in [-0.2, 0) is 23.5 Å². The van der Waals surface area contributed by atoms with Gasteiger partial charge in [0.1, 0.15) is 11.5 Å². The van der Waals surface area contributed by atoms with Gasteiger partial charge in [-0.2, -0.15) is 0 Å². The normalized spacial score (nSPS) is 13.6. The maximum Gasteiger partial charge on any atom is 0.263 e. The summed E-state index contributed by atoms with van der Waals surface area (Å²) < 4.78 is 14.7. The van der Waals surface area contributed by atoms with Crippen molar-refractivity contribution in [3.8, 4) is 0 Å². The third kappa shape index (κ3) is 3.73. The molecule has 2 aromatic heterocycles. The Bertz CT molecular complexity index is 1050. The topological polar surface area (TPSA) is 54.7 Å². The molecule has 3 aromatic rings. The molecule has 0 spiro atoms. The summed E-state index contributed by atoms with van der Waals surface area (Å²) in [6.45, 7) is 0.771. The lowest BCUT2D eigenvalue weighted by Crippen LogP contribution is -2.41. The highest BCUT2D eigenvalue weighted by Crippen LogP contribution is 2.18. The zero-order valence-corrected chi connectivity index (χ0v) is 15.4. The average Bonchev–Trinajstić information content (AvgIpc) is 2.69. The van der Waals surface area contributed by atoms with Crippen molar-refractivity contribution in [1.29, 1.82) is 0 Å². The first-order chi connectivity index (χ1) is 13.1. The predicted octanol–water partition coefficient (Wildman–Crippen LogP) is 2.65. The van der Waals surface area contributed by atoms with Crippen LogP contribution in [0, 0.1) is 5.82 Å². The molecule has 1 aliphatic heterocycles. The minimum atomic E-state index is -0.493. The minimum Gasteiger partial charge on any atom is -0.337 e. The highest BCUT2D eigenvalue weighted by atomic mass is 32.2. The monoisotopic (exact) mass is 383 g/mol. The van der Waals surface area contributed by atoms with E-state index in [4.69, 9.17) is 0 Å². The summed E-state index contributed by atoms with van der Waals surface area (Å²) in [7, 11) is 0. The lowest BCUT2D eigenvalue weighted by molar-refractivity contribution is -0.129. The van der Waals surface area contributed by atoms with Crippen LogP contribution in [0.25, 0.3) is 5.65 Å². The van der Waals surface area contributed by atoms with Crippen LogP contribution in [0.3, 0.4) is 0 Å². The number of aromatic nitrogens is 2. The fourth-order valence-electron chi connectivity index (χ4n) is 3.21. The number of hydrogen-bond donors (Lipinski definition) is 0. The molecule has 138 valence electrons. The summed E-state index contributed by atoms with van der Waals surface area (Å²) in [5.74, 6) is 0.643. The van der Waals surface area contributed by atoms with Crippen LogP contribution in [0.5, 0.6) is 0 Å². The zero-order chi connectivity index (χ0) is 18.8. The maximum atomic E-state index is 13.5.